The molecule has 1 amide bonds. The van der Waals surface area contributed by atoms with Crippen molar-refractivity contribution in [1.29, 1.82) is 0 Å². The number of sulfonamides is 1. The normalized spacial score (nSPS) is 18.0. The van der Waals surface area contributed by atoms with Gasteiger partial charge in [0.05, 0.1) is 16.6 Å². The van der Waals surface area contributed by atoms with Crippen LogP contribution in [0.25, 0.3) is 0 Å². The lowest BCUT2D eigenvalue weighted by molar-refractivity contribution is -0.135. The second-order valence-corrected chi connectivity index (χ2v) is 9.33. The molecule has 2 heterocycles. The summed E-state index contributed by atoms with van der Waals surface area (Å²) in [7, 11) is -3.74. The minimum absolute atomic E-state index is 0.0770. The molecule has 0 bridgehead atoms. The van der Waals surface area contributed by atoms with Crippen molar-refractivity contribution in [2.24, 2.45) is 0 Å². The Morgan fingerprint density at radius 3 is 2.93 bits per heavy atom. The van der Waals surface area contributed by atoms with E-state index in [1.165, 1.54) is 17.4 Å². The molecule has 3 rings (SSSR count). The first-order valence-electron chi connectivity index (χ1n) is 8.65. The second kappa shape index (κ2) is 8.18. The number of benzene rings is 1. The van der Waals surface area contributed by atoms with E-state index in [-0.39, 0.29) is 16.8 Å². The van der Waals surface area contributed by atoms with Crippen molar-refractivity contribution in [3.63, 3.8) is 0 Å². The summed E-state index contributed by atoms with van der Waals surface area (Å²) in [4.78, 5) is 14.2. The minimum atomic E-state index is -3.74. The maximum atomic E-state index is 12.8. The number of anilines is 1. The first-order valence-corrected chi connectivity index (χ1v) is 11.4. The van der Waals surface area contributed by atoms with Crippen LogP contribution in [0.1, 0.15) is 18.1 Å². The first-order chi connectivity index (χ1) is 12.8. The largest absolute Gasteiger partial charge is 0.340 e. The summed E-state index contributed by atoms with van der Waals surface area (Å²) in [6.45, 7) is 5.53. The van der Waals surface area contributed by atoms with Gasteiger partial charge in [0.1, 0.15) is 0 Å². The van der Waals surface area contributed by atoms with E-state index < -0.39 is 10.0 Å². The topological polar surface area (TPSA) is 78.5 Å². The van der Waals surface area contributed by atoms with Crippen LogP contribution in [0.15, 0.2) is 33.9 Å². The van der Waals surface area contributed by atoms with Crippen molar-refractivity contribution in [2.75, 3.05) is 24.4 Å². The van der Waals surface area contributed by atoms with Crippen LogP contribution in [0.2, 0.25) is 5.02 Å². The van der Waals surface area contributed by atoms with Gasteiger partial charge in [0.2, 0.25) is 5.91 Å². The number of rotatable bonds is 6. The summed E-state index contributed by atoms with van der Waals surface area (Å²) < 4.78 is 28.2. The zero-order chi connectivity index (χ0) is 19.6. The fourth-order valence-electron chi connectivity index (χ4n) is 3.05. The van der Waals surface area contributed by atoms with Crippen LogP contribution in [-0.4, -0.2) is 44.9 Å². The Bertz CT molecular complexity index is 943. The lowest BCUT2D eigenvalue weighted by Crippen LogP contribution is -2.54. The van der Waals surface area contributed by atoms with Gasteiger partial charge in [-0.25, -0.2) is 8.42 Å². The molecular formula is C18H22ClN3O3S2. The van der Waals surface area contributed by atoms with E-state index in [0.717, 1.165) is 12.1 Å². The Morgan fingerprint density at radius 2 is 2.15 bits per heavy atom. The molecule has 1 aliphatic rings. The molecule has 1 fully saturated rings. The predicted octanol–water partition coefficient (Wildman–Crippen LogP) is 2.87. The summed E-state index contributed by atoms with van der Waals surface area (Å²) in [6, 6.07) is 4.65. The predicted molar refractivity (Wildman–Crippen MR) is 109 cm³/mol. The number of nitrogens with zero attached hydrogens (tertiary/aromatic N) is 1. The molecule has 146 valence electrons. The van der Waals surface area contributed by atoms with E-state index in [4.69, 9.17) is 11.6 Å². The van der Waals surface area contributed by atoms with E-state index in [1.54, 1.807) is 24.4 Å². The van der Waals surface area contributed by atoms with Gasteiger partial charge in [-0.2, -0.15) is 0 Å². The Morgan fingerprint density at radius 1 is 1.37 bits per heavy atom. The first kappa shape index (κ1) is 20.1. The number of carbonyl (C=O) groups excluding carboxylic acids is 1. The van der Waals surface area contributed by atoms with Gasteiger partial charge in [-0.3, -0.25) is 9.52 Å². The van der Waals surface area contributed by atoms with Crippen LogP contribution in [0, 0.1) is 6.92 Å². The summed E-state index contributed by atoms with van der Waals surface area (Å²) in [5, 5.41) is 7.23. The van der Waals surface area contributed by atoms with Gasteiger partial charge in [0, 0.05) is 30.0 Å². The molecule has 2 N–H and O–H groups in total. The second-order valence-electron chi connectivity index (χ2n) is 6.53. The van der Waals surface area contributed by atoms with E-state index in [0.29, 0.717) is 35.8 Å². The third kappa shape index (κ3) is 4.45. The quantitative estimate of drug-likeness (QED) is 0.743. The molecular weight excluding hydrogens is 406 g/mol. The van der Waals surface area contributed by atoms with E-state index in [1.807, 2.05) is 17.2 Å². The highest BCUT2D eigenvalue weighted by Gasteiger charge is 2.25. The molecule has 2 aromatic rings. The monoisotopic (exact) mass is 427 g/mol. The zero-order valence-corrected chi connectivity index (χ0v) is 17.5. The number of halogens is 1. The highest BCUT2D eigenvalue weighted by molar-refractivity contribution is 7.92. The number of hydrogen-bond donors (Lipinski definition) is 2. The minimum Gasteiger partial charge on any atom is -0.340 e. The van der Waals surface area contributed by atoms with Crippen LogP contribution >= 0.6 is 22.9 Å². The summed E-state index contributed by atoms with van der Waals surface area (Å²) in [5.41, 5.74) is 1.95. The van der Waals surface area contributed by atoms with Gasteiger partial charge in [-0.05, 0) is 48.9 Å². The number of amides is 1. The van der Waals surface area contributed by atoms with Gasteiger partial charge < -0.3 is 10.2 Å². The average molecular weight is 428 g/mol. The number of nitrogens with one attached hydrogen (secondary N) is 2. The number of carbonyl (C=O) groups is 1. The number of piperazine rings is 1. The zero-order valence-electron chi connectivity index (χ0n) is 15.2. The third-order valence-corrected chi connectivity index (χ3v) is 7.37. The molecule has 1 aromatic heterocycles. The van der Waals surface area contributed by atoms with Crippen molar-refractivity contribution in [3.05, 3.63) is 45.1 Å². The molecule has 0 saturated carbocycles. The molecule has 0 unspecified atom stereocenters. The Kier molecular flexibility index (Phi) is 6.10. The molecule has 9 heteroatoms. The van der Waals surface area contributed by atoms with Crippen LogP contribution in [0.5, 0.6) is 0 Å². The highest BCUT2D eigenvalue weighted by Crippen LogP contribution is 2.28. The fourth-order valence-corrected chi connectivity index (χ4v) is 5.54. The van der Waals surface area contributed by atoms with Crippen molar-refractivity contribution in [2.45, 2.75) is 31.2 Å². The van der Waals surface area contributed by atoms with Gasteiger partial charge >= 0.3 is 0 Å². The molecule has 27 heavy (non-hydrogen) atoms. The summed E-state index contributed by atoms with van der Waals surface area (Å²) in [6.07, 6.45) is 0.592. The van der Waals surface area contributed by atoms with Crippen molar-refractivity contribution in [3.8, 4) is 0 Å². The van der Waals surface area contributed by atoms with Gasteiger partial charge in [0.15, 0.2) is 0 Å². The maximum Gasteiger partial charge on any atom is 0.262 e. The maximum absolute atomic E-state index is 12.8. The Balaban J connectivity index is 1.73. The molecule has 1 aliphatic heterocycles. The summed E-state index contributed by atoms with van der Waals surface area (Å²) >= 11 is 7.49. The van der Waals surface area contributed by atoms with Gasteiger partial charge in [-0.1, -0.05) is 17.7 Å². The molecule has 1 atom stereocenters. The van der Waals surface area contributed by atoms with Crippen LogP contribution < -0.4 is 10.0 Å². The third-order valence-electron chi connectivity index (χ3n) is 4.66. The number of thiophene rings is 1. The molecule has 1 aromatic carbocycles. The molecule has 0 radical (unpaired) electrons. The van der Waals surface area contributed by atoms with Crippen molar-refractivity contribution < 1.29 is 13.2 Å². The Labute approximate surface area is 168 Å². The Hall–Kier alpha value is -1.61. The lowest BCUT2D eigenvalue weighted by atomic mass is 10.1. The van der Waals surface area contributed by atoms with Crippen molar-refractivity contribution in [1.82, 2.24) is 10.2 Å². The smallest absolute Gasteiger partial charge is 0.262 e. The molecule has 0 aliphatic carbocycles. The average Bonchev–Trinajstić information content (AvgIpc) is 3.05. The van der Waals surface area contributed by atoms with Crippen molar-refractivity contribution >= 4 is 44.6 Å². The lowest BCUT2D eigenvalue weighted by Gasteiger charge is -2.31. The van der Waals surface area contributed by atoms with E-state index >= 15 is 0 Å². The van der Waals surface area contributed by atoms with Crippen LogP contribution in [0.4, 0.5) is 5.69 Å². The summed E-state index contributed by atoms with van der Waals surface area (Å²) in [5.74, 6) is 0.0770. The fraction of sp³-hybridized carbons (Fsp3) is 0.389. The van der Waals surface area contributed by atoms with Crippen LogP contribution in [-0.2, 0) is 21.2 Å². The van der Waals surface area contributed by atoms with E-state index in [9.17, 15) is 13.2 Å². The van der Waals surface area contributed by atoms with Crippen LogP contribution in [0.3, 0.4) is 0 Å². The van der Waals surface area contributed by atoms with Gasteiger partial charge in [0.25, 0.3) is 10.0 Å². The SMILES string of the molecule is Cc1c(Cl)cccc1S(=O)(=O)Nc1cscc1CCN1CCN[C@H](C)C1=O. The molecule has 1 saturated heterocycles. The molecule has 6 nitrogen and oxygen atoms in total. The van der Waals surface area contributed by atoms with E-state index in [2.05, 4.69) is 10.0 Å². The molecule has 0 spiro atoms. The van der Waals surface area contributed by atoms with Gasteiger partial charge in [-0.15, -0.1) is 11.3 Å². The highest BCUT2D eigenvalue weighted by atomic mass is 35.5. The number of hydrogen-bond acceptors (Lipinski definition) is 5. The standard InChI is InChI=1S/C18H22ClN3O3S2/c1-12-15(19)4-3-5-17(12)27(24,25)21-16-11-26-10-14(16)6-8-22-9-7-20-13(2)18(22)23/h3-5,10-11,13,20-21H,6-9H2,1-2H3/t13-/m1/s1.